The van der Waals surface area contributed by atoms with Gasteiger partial charge >= 0.3 is 5.97 Å². The van der Waals surface area contributed by atoms with E-state index in [0.29, 0.717) is 24.8 Å². The molecule has 5 heteroatoms. The Kier molecular flexibility index (Phi) is 4.53. The molecule has 0 bridgehead atoms. The summed E-state index contributed by atoms with van der Waals surface area (Å²) in [6.45, 7) is 8.06. The fraction of sp³-hybridized carbons (Fsp3) is 0.538. The lowest BCUT2D eigenvalue weighted by Gasteiger charge is -2.23. The molecule has 1 aromatic heterocycles. The molecule has 2 N–H and O–H groups in total. The van der Waals surface area contributed by atoms with Crippen molar-refractivity contribution in [3.8, 4) is 5.75 Å². The molecule has 18 heavy (non-hydrogen) atoms. The van der Waals surface area contributed by atoms with Gasteiger partial charge in [-0.15, -0.1) is 0 Å². The number of nitrogens with two attached hydrogens (primary N) is 1. The molecule has 1 aromatic rings. The highest BCUT2D eigenvalue weighted by atomic mass is 16.5. The fourth-order valence-electron chi connectivity index (χ4n) is 1.50. The van der Waals surface area contributed by atoms with Gasteiger partial charge in [-0.05, 0) is 39.3 Å². The summed E-state index contributed by atoms with van der Waals surface area (Å²) in [4.78, 5) is 15.9. The highest BCUT2D eigenvalue weighted by Gasteiger charge is 2.32. The third kappa shape index (κ3) is 2.91. The molecule has 0 saturated heterocycles. The van der Waals surface area contributed by atoms with Gasteiger partial charge in [0.15, 0.2) is 11.6 Å². The summed E-state index contributed by atoms with van der Waals surface area (Å²) in [7, 11) is 0. The lowest BCUT2D eigenvalue weighted by Crippen LogP contribution is -2.31. The Labute approximate surface area is 107 Å². The van der Waals surface area contributed by atoms with Crippen LogP contribution in [0.2, 0.25) is 0 Å². The maximum Gasteiger partial charge on any atom is 0.316 e. The van der Waals surface area contributed by atoms with E-state index in [1.54, 1.807) is 33.0 Å². The van der Waals surface area contributed by atoms with Gasteiger partial charge in [0.2, 0.25) is 0 Å². The van der Waals surface area contributed by atoms with Crippen LogP contribution in [-0.2, 0) is 14.9 Å². The molecule has 0 amide bonds. The number of esters is 1. The van der Waals surface area contributed by atoms with E-state index < -0.39 is 5.41 Å². The Morgan fingerprint density at radius 1 is 1.39 bits per heavy atom. The van der Waals surface area contributed by atoms with Gasteiger partial charge in [-0.3, -0.25) is 4.79 Å². The Balaban J connectivity index is 3.08. The van der Waals surface area contributed by atoms with Gasteiger partial charge in [-0.2, -0.15) is 0 Å². The standard InChI is InChI=1S/C13H20N2O3/c1-5-17-10-7-9(8-15-11(10)14)13(3,4)12(16)18-6-2/h7-8H,5-6H2,1-4H3,(H2,14,15). The molecule has 0 radical (unpaired) electrons. The summed E-state index contributed by atoms with van der Waals surface area (Å²) >= 11 is 0. The molecule has 1 rings (SSSR count). The molecule has 0 aromatic carbocycles. The van der Waals surface area contributed by atoms with Crippen molar-refractivity contribution in [3.63, 3.8) is 0 Å². The van der Waals surface area contributed by atoms with E-state index in [0.717, 1.165) is 5.56 Å². The number of nitrogen functional groups attached to an aromatic ring is 1. The first kappa shape index (κ1) is 14.3. The zero-order valence-corrected chi connectivity index (χ0v) is 11.3. The van der Waals surface area contributed by atoms with Crippen LogP contribution in [0.25, 0.3) is 0 Å². The Hall–Kier alpha value is -1.78. The number of nitrogens with zero attached hydrogens (tertiary/aromatic N) is 1. The van der Waals surface area contributed by atoms with Crippen LogP contribution in [0.4, 0.5) is 5.82 Å². The topological polar surface area (TPSA) is 74.4 Å². The van der Waals surface area contributed by atoms with E-state index in [-0.39, 0.29) is 5.97 Å². The van der Waals surface area contributed by atoms with E-state index in [9.17, 15) is 4.79 Å². The van der Waals surface area contributed by atoms with Crippen molar-refractivity contribution in [1.82, 2.24) is 4.98 Å². The van der Waals surface area contributed by atoms with E-state index in [1.165, 1.54) is 0 Å². The van der Waals surface area contributed by atoms with Crippen molar-refractivity contribution in [3.05, 3.63) is 17.8 Å². The van der Waals surface area contributed by atoms with Gasteiger partial charge in [0.25, 0.3) is 0 Å². The van der Waals surface area contributed by atoms with Crippen LogP contribution in [0.15, 0.2) is 12.3 Å². The van der Waals surface area contributed by atoms with Crippen LogP contribution < -0.4 is 10.5 Å². The Morgan fingerprint density at radius 2 is 2.06 bits per heavy atom. The van der Waals surface area contributed by atoms with Crippen LogP contribution in [0.3, 0.4) is 0 Å². The lowest BCUT2D eigenvalue weighted by molar-refractivity contribution is -0.148. The average Bonchev–Trinajstić information content (AvgIpc) is 2.32. The first-order chi connectivity index (χ1) is 8.43. The summed E-state index contributed by atoms with van der Waals surface area (Å²) in [5.41, 5.74) is 5.65. The van der Waals surface area contributed by atoms with Crippen LogP contribution in [-0.4, -0.2) is 24.2 Å². The van der Waals surface area contributed by atoms with Gasteiger partial charge in [0.05, 0.1) is 18.6 Å². The number of ether oxygens (including phenoxy) is 2. The molecular weight excluding hydrogens is 232 g/mol. The Morgan fingerprint density at radius 3 is 2.61 bits per heavy atom. The molecule has 0 fully saturated rings. The predicted molar refractivity (Wildman–Crippen MR) is 69.5 cm³/mol. The second-order valence-corrected chi connectivity index (χ2v) is 4.39. The van der Waals surface area contributed by atoms with Gasteiger partial charge in [0.1, 0.15) is 0 Å². The molecule has 5 nitrogen and oxygen atoms in total. The SMILES string of the molecule is CCOC(=O)C(C)(C)c1cnc(N)c(OCC)c1. The number of aromatic nitrogens is 1. The third-order valence-electron chi connectivity index (χ3n) is 2.69. The van der Waals surface area contributed by atoms with Crippen LogP contribution in [0, 0.1) is 0 Å². The summed E-state index contributed by atoms with van der Waals surface area (Å²) in [5, 5.41) is 0. The molecule has 0 aliphatic rings. The zero-order valence-electron chi connectivity index (χ0n) is 11.3. The largest absolute Gasteiger partial charge is 0.490 e. The van der Waals surface area contributed by atoms with E-state index in [4.69, 9.17) is 15.2 Å². The molecule has 0 aliphatic heterocycles. The summed E-state index contributed by atoms with van der Waals surface area (Å²) < 4.78 is 10.4. The molecule has 100 valence electrons. The molecule has 0 saturated carbocycles. The monoisotopic (exact) mass is 252 g/mol. The highest BCUT2D eigenvalue weighted by molar-refractivity contribution is 5.82. The van der Waals surface area contributed by atoms with Crippen molar-refractivity contribution in [1.29, 1.82) is 0 Å². The third-order valence-corrected chi connectivity index (χ3v) is 2.69. The summed E-state index contributed by atoms with van der Waals surface area (Å²) in [5.74, 6) is 0.520. The minimum absolute atomic E-state index is 0.293. The maximum absolute atomic E-state index is 11.9. The smallest absolute Gasteiger partial charge is 0.316 e. The predicted octanol–water partition coefficient (Wildman–Crippen LogP) is 1.90. The summed E-state index contributed by atoms with van der Waals surface area (Å²) in [6.07, 6.45) is 1.58. The first-order valence-electron chi connectivity index (χ1n) is 5.99. The van der Waals surface area contributed by atoms with Gasteiger partial charge in [0, 0.05) is 6.20 Å². The number of pyridine rings is 1. The zero-order chi connectivity index (χ0) is 13.8. The molecule has 0 spiro atoms. The second kappa shape index (κ2) is 5.71. The van der Waals surface area contributed by atoms with Crippen molar-refractivity contribution in [2.24, 2.45) is 0 Å². The van der Waals surface area contributed by atoms with Crippen molar-refractivity contribution in [2.45, 2.75) is 33.1 Å². The number of hydrogen-bond donors (Lipinski definition) is 1. The normalized spacial score (nSPS) is 11.1. The molecule has 0 aliphatic carbocycles. The number of carbonyl (C=O) groups is 1. The van der Waals surface area contributed by atoms with Crippen molar-refractivity contribution < 1.29 is 14.3 Å². The van der Waals surface area contributed by atoms with E-state index in [1.807, 2.05) is 6.92 Å². The minimum Gasteiger partial charge on any atom is -0.490 e. The van der Waals surface area contributed by atoms with Gasteiger partial charge in [-0.1, -0.05) is 0 Å². The maximum atomic E-state index is 11.9. The summed E-state index contributed by atoms with van der Waals surface area (Å²) in [6, 6.07) is 1.74. The van der Waals surface area contributed by atoms with Gasteiger partial charge in [-0.25, -0.2) is 4.98 Å². The highest BCUT2D eigenvalue weighted by Crippen LogP contribution is 2.29. The second-order valence-electron chi connectivity index (χ2n) is 4.39. The Bertz CT molecular complexity index is 430. The minimum atomic E-state index is -0.775. The van der Waals surface area contributed by atoms with Crippen LogP contribution in [0.5, 0.6) is 5.75 Å². The molecule has 0 atom stereocenters. The lowest BCUT2D eigenvalue weighted by atomic mass is 9.85. The number of rotatable bonds is 5. The molecule has 0 unspecified atom stereocenters. The van der Waals surface area contributed by atoms with E-state index in [2.05, 4.69) is 4.98 Å². The first-order valence-corrected chi connectivity index (χ1v) is 5.99. The quantitative estimate of drug-likeness (QED) is 0.810. The van der Waals surface area contributed by atoms with Gasteiger partial charge < -0.3 is 15.2 Å². The van der Waals surface area contributed by atoms with Crippen molar-refractivity contribution in [2.75, 3.05) is 18.9 Å². The fourth-order valence-corrected chi connectivity index (χ4v) is 1.50. The molecular formula is C13H20N2O3. The molecule has 1 heterocycles. The van der Waals surface area contributed by atoms with E-state index >= 15 is 0 Å². The number of hydrogen-bond acceptors (Lipinski definition) is 5. The number of carbonyl (C=O) groups excluding carboxylic acids is 1. The average molecular weight is 252 g/mol. The van der Waals surface area contributed by atoms with Crippen molar-refractivity contribution >= 4 is 11.8 Å². The van der Waals surface area contributed by atoms with Crippen LogP contribution >= 0.6 is 0 Å². The van der Waals surface area contributed by atoms with Crippen LogP contribution in [0.1, 0.15) is 33.3 Å². The number of anilines is 1.